The van der Waals surface area contributed by atoms with E-state index in [1.54, 1.807) is 57.2 Å². The van der Waals surface area contributed by atoms with Gasteiger partial charge in [0.25, 0.3) is 11.4 Å². The number of rotatable bonds is 26. The number of aliphatic carboxylic acids is 1. The summed E-state index contributed by atoms with van der Waals surface area (Å²) < 4.78 is 41.5. The summed E-state index contributed by atoms with van der Waals surface area (Å²) in [5, 5.41) is 114. The Bertz CT molecular complexity index is 4730. The molecular weight excluding hydrogens is 1860 g/mol. The monoisotopic (exact) mass is 1970 g/mol. The first-order valence-corrected chi connectivity index (χ1v) is 46.1. The van der Waals surface area contributed by atoms with Gasteiger partial charge in [-0.25, -0.2) is 24.0 Å². The Kier molecular flexibility index (Phi) is 41.8. The molecule has 0 spiro atoms. The molecule has 4 aromatic rings. The Labute approximate surface area is 789 Å². The first-order chi connectivity index (χ1) is 59.6. The van der Waals surface area contributed by atoms with Crippen LogP contribution in [0.25, 0.3) is 0 Å². The molecule has 16 rings (SSSR count). The van der Waals surface area contributed by atoms with Crippen LogP contribution in [0.15, 0.2) is 142 Å². The maximum Gasteiger partial charge on any atom is 0.646 e. The van der Waals surface area contributed by atoms with E-state index in [9.17, 15) is 98.9 Å². The van der Waals surface area contributed by atoms with Gasteiger partial charge in [-0.2, -0.15) is 17.2 Å². The molecule has 46 heteroatoms. The van der Waals surface area contributed by atoms with Crippen LogP contribution in [0.1, 0.15) is 115 Å². The molecule has 0 aromatic heterocycles. The molecule has 0 aliphatic carbocycles. The number of β-lactam (4-membered cyclic amide) rings is 3. The number of nitrogens with zero attached hydrogens (tertiary/aromatic N) is 5. The molecule has 0 radical (unpaired) electrons. The largest absolute Gasteiger partial charge is 0.646 e. The Morgan fingerprint density at radius 2 is 0.802 bits per heavy atom. The van der Waals surface area contributed by atoms with Crippen LogP contribution in [-0.2, 0) is 47.3 Å². The van der Waals surface area contributed by atoms with Crippen LogP contribution in [0.2, 0.25) is 0 Å². The third kappa shape index (κ3) is 24.6. The highest BCUT2D eigenvalue weighted by Gasteiger charge is 2.65. The third-order valence-corrected chi connectivity index (χ3v) is 29.7. The number of non-ortho nitro benzene ring substituents is 2. The number of thiol groups is 1. The molecule has 726 valence electrons. The van der Waals surface area contributed by atoms with E-state index in [0.29, 0.717) is 35.6 Å². The summed E-state index contributed by atoms with van der Waals surface area (Å²) in [5.41, 5.74) is -1.14. The molecule has 9 saturated heterocycles. The number of phosphoric acid groups is 1. The molecule has 9 fully saturated rings. The predicted octanol–water partition coefficient (Wildman–Crippen LogP) is 4.42. The maximum absolute atomic E-state index is 14.2. The number of carboxylic acids is 1. The number of phosphoric ester groups is 1. The van der Waals surface area contributed by atoms with Gasteiger partial charge in [0.1, 0.15) is 28.7 Å². The first kappa shape index (κ1) is 112. The number of carbonyl (C=O) groups is 8. The molecular formula is C85H119Cl3N11O28PS3. The van der Waals surface area contributed by atoms with Crippen molar-refractivity contribution < 1.29 is 128 Å². The molecule has 3 amide bonds. The summed E-state index contributed by atoms with van der Waals surface area (Å²) in [6, 6.07) is 23.7. The molecule has 24 atom stereocenters. The maximum atomic E-state index is 14.2. The Morgan fingerprint density at radius 1 is 0.473 bits per heavy atom. The number of esters is 4. The number of carbonyl (C=O) groups excluding carboxylic acids is 7. The second-order valence-corrected chi connectivity index (χ2v) is 38.0. The van der Waals surface area contributed by atoms with Crippen molar-refractivity contribution in [2.45, 2.75) is 183 Å². The van der Waals surface area contributed by atoms with E-state index >= 15 is 0 Å². The average molecular weight is 1980 g/mol. The van der Waals surface area contributed by atoms with Crippen molar-refractivity contribution >= 4 is 140 Å². The molecule has 12 aliphatic rings. The van der Waals surface area contributed by atoms with Crippen LogP contribution >= 0.6 is 81.2 Å². The van der Waals surface area contributed by atoms with Crippen molar-refractivity contribution in [3.05, 3.63) is 173 Å². The van der Waals surface area contributed by atoms with E-state index < -0.39 is 131 Å². The number of hydrogen-bond acceptors (Lipinski definition) is 33. The number of amides is 3. The number of ether oxygens (including phenoxy) is 2. The second-order valence-electron chi connectivity index (χ2n) is 33.1. The number of carboxylic acid groups (broad SMARTS) is 1. The number of aliphatic hydroxyl groups excluding tert-OH is 6. The minimum Gasteiger partial charge on any atom is -0.477 e. The van der Waals surface area contributed by atoms with Gasteiger partial charge in [-0.1, -0.05) is 71.0 Å². The molecule has 39 nitrogen and oxygen atoms in total. The van der Waals surface area contributed by atoms with Crippen molar-refractivity contribution in [2.75, 3.05) is 58.9 Å². The fraction of sp³-hybridized carbons (Fsp3) is 0.553. The number of halogens is 3. The Hall–Kier alpha value is -7.99. The number of hydrogen-bond donors (Lipinski definition) is 14. The van der Waals surface area contributed by atoms with Crippen LogP contribution in [0.3, 0.4) is 0 Å². The van der Waals surface area contributed by atoms with Crippen LogP contribution in [0.4, 0.5) is 11.4 Å². The zero-order valence-corrected chi connectivity index (χ0v) is 78.9. The van der Waals surface area contributed by atoms with Crippen molar-refractivity contribution in [1.82, 2.24) is 46.6 Å². The van der Waals surface area contributed by atoms with Crippen molar-refractivity contribution in [1.29, 1.82) is 0 Å². The number of fused-ring (bicyclic) bond motifs is 3. The van der Waals surface area contributed by atoms with E-state index in [2.05, 4.69) is 44.5 Å². The highest BCUT2D eigenvalue weighted by atomic mass is 35.5. The minimum absolute atomic E-state index is 0. The lowest BCUT2D eigenvalue weighted by molar-refractivity contribution is -0.385. The number of aliphatic hydroxyl groups is 6. The quantitative estimate of drug-likeness (QED) is 0.00787. The van der Waals surface area contributed by atoms with Crippen molar-refractivity contribution in [2.24, 2.45) is 53.3 Å². The topological polar surface area (TPSA) is 604 Å². The molecule has 131 heavy (non-hydrogen) atoms. The zero-order chi connectivity index (χ0) is 90.3. The Morgan fingerprint density at radius 3 is 1.13 bits per heavy atom. The van der Waals surface area contributed by atoms with E-state index in [0.717, 1.165) is 124 Å². The number of thioether (sulfide) groups is 2. The summed E-state index contributed by atoms with van der Waals surface area (Å²) in [4.78, 5) is 128. The molecule has 12 aliphatic heterocycles. The van der Waals surface area contributed by atoms with Gasteiger partial charge in [0.05, 0.1) is 93.5 Å². The summed E-state index contributed by atoms with van der Waals surface area (Å²) in [6.07, 6.45) is 1.55. The van der Waals surface area contributed by atoms with E-state index in [4.69, 9.17) is 23.0 Å². The number of para-hydroxylation sites is 2. The van der Waals surface area contributed by atoms with Gasteiger partial charge in [0, 0.05) is 143 Å². The summed E-state index contributed by atoms with van der Waals surface area (Å²) in [7, 11) is -4.64. The Balaban J connectivity index is 0.000000278. The van der Waals surface area contributed by atoms with Gasteiger partial charge >= 0.3 is 37.7 Å². The smallest absolute Gasteiger partial charge is 0.477 e. The van der Waals surface area contributed by atoms with Crippen LogP contribution in [0, 0.1) is 73.5 Å². The van der Waals surface area contributed by atoms with Crippen molar-refractivity contribution in [3.8, 4) is 11.5 Å². The number of nitro groups is 2. The SMILES string of the molecule is CC.C[C@@H](O)[C@H]1C(=O)N2C(C(=O)O)=C(S[C@@H]3CN[C@H]([C@H](O)[C@@H]4CCNC4)C3)[C@H](C)[C@H]12.C[C@@H](O)[C@H]1C(=O)N2C(C(=O)OC(=O)c3ccc([N+](=O)[O-])cc3)=C(OP(=O)(Oc3ccccc3)Oc3ccccc3)[C@H](C)[C@H]12.C[C@@H](O)[C@H]1C(=O)N2C(C(=O)OC(=O)c3ccc([N+](=O)[O-])cc3)=C(S[C@@H]3CN[C@H]([C@H](O)[C@@H]4CCNC4)C3)[C@H](C)[C@H]12.Cl.Cl.Cl.O.O.O.O[C@H]([C@@H]1CCNC1)[C@@H]1C[C@H](S)CN1. The molecule has 0 unspecified atom stereocenters. The van der Waals surface area contributed by atoms with E-state index in [1.165, 1.54) is 76.6 Å². The van der Waals surface area contributed by atoms with Crippen LogP contribution in [-0.4, -0.2) is 272 Å². The second kappa shape index (κ2) is 49.0. The number of nitro benzene ring substituents is 2. The predicted molar refractivity (Wildman–Crippen MR) is 493 cm³/mol. The summed E-state index contributed by atoms with van der Waals surface area (Å²) in [6.45, 7) is 21.7. The number of benzene rings is 4. The lowest BCUT2D eigenvalue weighted by atomic mass is 9.79. The number of nitrogens with one attached hydrogen (secondary N) is 6. The standard InChI is InChI=1S/C29H25N2O11P.C26H32N4O8S.C19H29N3O5S.C9H18N2OS.C2H6.3ClH.3H2O/c1-17-24-23(18(2)32)27(33)30(24)25(29(35)39-28(34)19-13-15-20(16-14-19)31(36)37)26(17)42-43(38,40-21-9-5-3-6-10-21)41-22-11-7-4-8-12-22;1-12-20-19(13(2)31)24(33)29(20)21(26(35)38-25(34)14-3-5-16(6-4-14)30(36)37)23(12)39-17-9-18(28-11-17)22(32)15-7-8-27-10-15;1-8-14-13(9(2)23)18(25)22(14)15(19(26)27)17(8)28-11-5-12(21-7-11)16(24)10-3-4-20-6-10;12-9(6-1-2-10-4-6)8-3-7(13)5-11-8;1-2;;;;;;/h3-18,23-24,32H,1-2H3;3-6,12-13,15,17-20,22,27-28,31-32H,7-11H2,1-2H3;8-14,16,20-21,23-24H,3-7H2,1-2H3,(H,26,27);6-13H,1-5H2;1-2H3;3*1H;3*1H2/t17-,18-,23-,24-;12-,13-,15-,17+,18+,19-,20-,22-;8-,9-,10-,11+,12+,13-,14-,16-;6-,7+,8+,9-;;;;;;;/m1111......./s1. The average Bonchev–Trinajstić information content (AvgIpc) is 1.56. The molecule has 12 heterocycles. The van der Waals surface area contributed by atoms with Gasteiger partial charge in [-0.15, -0.1) is 60.7 Å². The molecule has 0 saturated carbocycles. The lowest BCUT2D eigenvalue weighted by Gasteiger charge is -2.46. The van der Waals surface area contributed by atoms with Crippen LogP contribution < -0.4 is 40.9 Å². The van der Waals surface area contributed by atoms with Gasteiger partial charge in [0.15, 0.2) is 5.70 Å². The van der Waals surface area contributed by atoms with E-state index in [-0.39, 0.29) is 175 Å². The highest BCUT2D eigenvalue weighted by Crippen LogP contribution is 2.59. The molecule has 0 bridgehead atoms. The zero-order valence-electron chi connectivity index (χ0n) is 73.0. The van der Waals surface area contributed by atoms with Gasteiger partial charge in [-0.3, -0.25) is 39.5 Å². The summed E-state index contributed by atoms with van der Waals surface area (Å²) >= 11 is 7.36. The minimum atomic E-state index is -4.64. The normalized spacial score (nSPS) is 28.8. The van der Waals surface area contributed by atoms with Gasteiger partial charge in [0.2, 0.25) is 17.7 Å². The van der Waals surface area contributed by atoms with Crippen LogP contribution in [0.5, 0.6) is 11.5 Å². The molecule has 19 N–H and O–H groups in total. The van der Waals surface area contributed by atoms with Gasteiger partial charge < -0.3 is 117 Å². The fourth-order valence-corrected chi connectivity index (χ4v) is 23.3. The fourth-order valence-electron chi connectivity index (χ4n) is 18.6. The first-order valence-electron chi connectivity index (χ1n) is 42.3. The summed E-state index contributed by atoms with van der Waals surface area (Å²) in [5.74, 6) is -9.39. The highest BCUT2D eigenvalue weighted by molar-refractivity contribution is 8.04. The molecule has 4 aromatic carbocycles. The van der Waals surface area contributed by atoms with E-state index in [1.807, 2.05) is 27.7 Å². The van der Waals surface area contributed by atoms with Crippen molar-refractivity contribution in [3.63, 3.8) is 0 Å². The lowest BCUT2D eigenvalue weighted by Crippen LogP contribution is -2.63. The van der Waals surface area contributed by atoms with Gasteiger partial charge in [-0.05, 0) is 127 Å². The third-order valence-electron chi connectivity index (χ3n) is 25.0.